The van der Waals surface area contributed by atoms with E-state index >= 15 is 0 Å². The molecule has 0 aromatic rings. The van der Waals surface area contributed by atoms with Gasteiger partial charge in [0.25, 0.3) is 5.91 Å². The Bertz CT molecular complexity index is 741. The van der Waals surface area contributed by atoms with E-state index in [9.17, 15) is 18.0 Å². The van der Waals surface area contributed by atoms with E-state index in [-0.39, 0.29) is 12.3 Å². The zero-order chi connectivity index (χ0) is 21.2. The van der Waals surface area contributed by atoms with Gasteiger partial charge in [-0.3, -0.25) is 4.79 Å². The normalized spacial score (nSPS) is 28.7. The summed E-state index contributed by atoms with van der Waals surface area (Å²) in [5.74, 6) is -0.200. The Balaban J connectivity index is 2.62. The number of carbonyl (C=O) groups excluding carboxylic acids is 2. The first-order valence-electron chi connectivity index (χ1n) is 10.2. The molecule has 0 aromatic heterocycles. The molecule has 1 heterocycles. The van der Waals surface area contributed by atoms with E-state index in [1.54, 1.807) is 18.7 Å². The molecule has 0 spiro atoms. The van der Waals surface area contributed by atoms with Gasteiger partial charge in [0, 0.05) is 26.1 Å². The van der Waals surface area contributed by atoms with Crippen LogP contribution in [0.2, 0.25) is 0 Å². The summed E-state index contributed by atoms with van der Waals surface area (Å²) in [6, 6.07) is 0. The summed E-state index contributed by atoms with van der Waals surface area (Å²) in [5.41, 5.74) is 0.467. The highest BCUT2D eigenvalue weighted by atomic mass is 32.2. The van der Waals surface area contributed by atoms with Gasteiger partial charge in [-0.15, -0.1) is 0 Å². The predicted octanol–water partition coefficient (Wildman–Crippen LogP) is 1.60. The Hall–Kier alpha value is -1.41. The van der Waals surface area contributed by atoms with Crippen LogP contribution in [0, 0.1) is 5.41 Å². The monoisotopic (exact) mass is 413 g/mol. The number of hydrogen-bond acceptors (Lipinski definition) is 6. The molecule has 1 aliphatic carbocycles. The average molecular weight is 414 g/mol. The molecular formula is C20H35N3O4S. The van der Waals surface area contributed by atoms with E-state index in [0.717, 1.165) is 25.7 Å². The van der Waals surface area contributed by atoms with E-state index in [1.807, 2.05) is 20.9 Å². The summed E-state index contributed by atoms with van der Waals surface area (Å²) in [6.07, 6.45) is 4.01. The maximum Gasteiger partial charge on any atom is 0.269 e. The maximum absolute atomic E-state index is 13.6. The molecule has 1 saturated carbocycles. The van der Waals surface area contributed by atoms with Crippen LogP contribution in [0.3, 0.4) is 0 Å². The van der Waals surface area contributed by atoms with Crippen LogP contribution >= 0.6 is 0 Å². The second-order valence-electron chi connectivity index (χ2n) is 8.37. The van der Waals surface area contributed by atoms with Crippen LogP contribution in [0.4, 0.5) is 0 Å². The van der Waals surface area contributed by atoms with Crippen molar-refractivity contribution in [2.45, 2.75) is 69.9 Å². The van der Waals surface area contributed by atoms with Crippen molar-refractivity contribution in [3.8, 4) is 0 Å². The number of amides is 1. The summed E-state index contributed by atoms with van der Waals surface area (Å²) in [7, 11) is -1.89. The lowest BCUT2D eigenvalue weighted by Crippen LogP contribution is -2.62. The Labute approximate surface area is 169 Å². The van der Waals surface area contributed by atoms with Gasteiger partial charge in [-0.05, 0) is 51.6 Å². The lowest BCUT2D eigenvalue weighted by molar-refractivity contribution is -0.127. The number of carbonyl (C=O) groups is 2. The van der Waals surface area contributed by atoms with Gasteiger partial charge in [-0.25, -0.2) is 8.42 Å². The summed E-state index contributed by atoms with van der Waals surface area (Å²) < 4.78 is 26.1. The third kappa shape index (κ3) is 3.49. The highest BCUT2D eigenvalue weighted by molar-refractivity contribution is 7.93. The first-order valence-corrected chi connectivity index (χ1v) is 11.7. The van der Waals surface area contributed by atoms with Gasteiger partial charge in [0.05, 0.1) is 4.75 Å². The number of likely N-dealkylation sites (N-methyl/N-ethyl adjacent to an activating group) is 2. The SMILES string of the molecule is CCN(CCNC)C(=O)C1=C(C)C(C)(C2(C)CCCC2)S(=O)(=O)C(CC=O)N1. The van der Waals surface area contributed by atoms with Crippen LogP contribution in [-0.2, 0) is 19.4 Å². The Morgan fingerprint density at radius 2 is 1.93 bits per heavy atom. The minimum atomic E-state index is -3.72. The van der Waals surface area contributed by atoms with E-state index in [1.165, 1.54) is 0 Å². The molecule has 1 fully saturated rings. The minimum Gasteiger partial charge on any atom is -0.364 e. The number of sulfone groups is 1. The van der Waals surface area contributed by atoms with Gasteiger partial charge in [0.2, 0.25) is 0 Å². The number of nitrogens with zero attached hydrogens (tertiary/aromatic N) is 1. The van der Waals surface area contributed by atoms with Crippen molar-refractivity contribution >= 4 is 22.0 Å². The van der Waals surface area contributed by atoms with Gasteiger partial charge in [0.1, 0.15) is 17.4 Å². The van der Waals surface area contributed by atoms with E-state index < -0.39 is 25.4 Å². The number of rotatable bonds is 8. The standard InChI is InChI=1S/C20H35N3O4S/c1-6-23(13-12-21-5)18(25)17-15(2)20(4,19(3)10-7-8-11-19)28(26,27)16(22-17)9-14-24/h14,16,21-22H,6-13H2,1-5H3. The fourth-order valence-corrected chi connectivity index (χ4v) is 7.41. The smallest absolute Gasteiger partial charge is 0.269 e. The van der Waals surface area contributed by atoms with Crippen LogP contribution < -0.4 is 10.6 Å². The lowest BCUT2D eigenvalue weighted by Gasteiger charge is -2.50. The number of aldehydes is 1. The molecular weight excluding hydrogens is 378 g/mol. The molecule has 0 bridgehead atoms. The quantitative estimate of drug-likeness (QED) is 0.587. The fourth-order valence-electron chi connectivity index (χ4n) is 4.82. The highest BCUT2D eigenvalue weighted by Crippen LogP contribution is 2.55. The van der Waals surface area contributed by atoms with Crippen molar-refractivity contribution in [2.75, 3.05) is 26.7 Å². The first kappa shape index (κ1) is 22.9. The molecule has 1 amide bonds. The van der Waals surface area contributed by atoms with Gasteiger partial charge < -0.3 is 20.3 Å². The molecule has 2 atom stereocenters. The molecule has 2 unspecified atom stereocenters. The number of nitrogens with one attached hydrogen (secondary N) is 2. The molecule has 160 valence electrons. The average Bonchev–Trinajstić information content (AvgIpc) is 3.11. The number of hydrogen-bond donors (Lipinski definition) is 2. The Morgan fingerprint density at radius 3 is 2.43 bits per heavy atom. The first-order chi connectivity index (χ1) is 13.1. The van der Waals surface area contributed by atoms with Crippen molar-refractivity contribution < 1.29 is 18.0 Å². The topological polar surface area (TPSA) is 95.6 Å². The van der Waals surface area contributed by atoms with Gasteiger partial charge in [-0.2, -0.15) is 0 Å². The minimum absolute atomic E-state index is 0.166. The predicted molar refractivity (Wildman–Crippen MR) is 110 cm³/mol. The van der Waals surface area contributed by atoms with Crippen molar-refractivity contribution in [1.82, 2.24) is 15.5 Å². The van der Waals surface area contributed by atoms with E-state index in [2.05, 4.69) is 10.6 Å². The van der Waals surface area contributed by atoms with Crippen LogP contribution in [0.15, 0.2) is 11.3 Å². The van der Waals surface area contributed by atoms with Gasteiger partial charge in [-0.1, -0.05) is 19.8 Å². The lowest BCUT2D eigenvalue weighted by atomic mass is 9.71. The van der Waals surface area contributed by atoms with Gasteiger partial charge in [0.15, 0.2) is 9.84 Å². The summed E-state index contributed by atoms with van der Waals surface area (Å²) in [6.45, 7) is 9.16. The van der Waals surface area contributed by atoms with Gasteiger partial charge >= 0.3 is 0 Å². The molecule has 2 rings (SSSR count). The van der Waals surface area contributed by atoms with Crippen LogP contribution in [0.1, 0.15) is 59.8 Å². The van der Waals surface area contributed by atoms with Crippen molar-refractivity contribution in [3.63, 3.8) is 0 Å². The molecule has 28 heavy (non-hydrogen) atoms. The molecule has 2 aliphatic rings. The van der Waals surface area contributed by atoms with Crippen LogP contribution in [0.5, 0.6) is 0 Å². The second-order valence-corrected chi connectivity index (χ2v) is 10.8. The van der Waals surface area contributed by atoms with Crippen LogP contribution in [0.25, 0.3) is 0 Å². The molecule has 0 radical (unpaired) electrons. The zero-order valence-corrected chi connectivity index (χ0v) is 18.6. The summed E-state index contributed by atoms with van der Waals surface area (Å²) in [5, 5.41) is 4.90. The van der Waals surface area contributed by atoms with E-state index in [0.29, 0.717) is 37.2 Å². The fraction of sp³-hybridized carbons (Fsp3) is 0.800. The third-order valence-corrected chi connectivity index (χ3v) is 10.0. The van der Waals surface area contributed by atoms with Crippen molar-refractivity contribution in [2.24, 2.45) is 5.41 Å². The van der Waals surface area contributed by atoms with E-state index in [4.69, 9.17) is 0 Å². The molecule has 8 heteroatoms. The van der Waals surface area contributed by atoms with Crippen molar-refractivity contribution in [1.29, 1.82) is 0 Å². The summed E-state index contributed by atoms with van der Waals surface area (Å²) >= 11 is 0. The molecule has 0 saturated heterocycles. The summed E-state index contributed by atoms with van der Waals surface area (Å²) in [4.78, 5) is 26.3. The molecule has 0 aromatic carbocycles. The highest BCUT2D eigenvalue weighted by Gasteiger charge is 2.61. The zero-order valence-electron chi connectivity index (χ0n) is 17.8. The Morgan fingerprint density at radius 1 is 1.32 bits per heavy atom. The Kier molecular flexibility index (Phi) is 6.97. The van der Waals surface area contributed by atoms with Crippen molar-refractivity contribution in [3.05, 3.63) is 11.3 Å². The molecule has 1 aliphatic heterocycles. The molecule has 2 N–H and O–H groups in total. The maximum atomic E-state index is 13.6. The second kappa shape index (κ2) is 8.53. The largest absolute Gasteiger partial charge is 0.364 e. The third-order valence-electron chi connectivity index (χ3n) is 7.02. The van der Waals surface area contributed by atoms with Crippen LogP contribution in [-0.4, -0.2) is 62.3 Å². The molecule has 7 nitrogen and oxygen atoms in total.